The highest BCUT2D eigenvalue weighted by Gasteiger charge is 2.16. The molecule has 0 aliphatic carbocycles. The summed E-state index contributed by atoms with van der Waals surface area (Å²) in [5.41, 5.74) is 6.43. The van der Waals surface area contributed by atoms with Crippen molar-refractivity contribution in [2.75, 3.05) is 7.11 Å². The number of allylic oxidation sites excluding steroid dienone is 2. The summed E-state index contributed by atoms with van der Waals surface area (Å²) >= 11 is 0. The second-order valence-electron chi connectivity index (χ2n) is 5.12. The number of ether oxygens (including phenoxy) is 1. The number of rotatable bonds is 9. The first-order chi connectivity index (χ1) is 10.1. The Bertz CT molecular complexity index is 483. The Hall–Kier alpha value is -1.97. The molecule has 0 bridgehead atoms. The van der Waals surface area contributed by atoms with Crippen molar-refractivity contribution in [3.8, 4) is 11.5 Å². The van der Waals surface area contributed by atoms with Crippen molar-refractivity contribution in [3.05, 3.63) is 35.9 Å². The number of nitrogens with two attached hydrogens (primary N) is 1. The molecule has 4 nitrogen and oxygen atoms in total. The number of carbonyl (C=O) groups is 1. The molecule has 3 N–H and O–H groups in total. The van der Waals surface area contributed by atoms with Crippen LogP contribution in [0.1, 0.15) is 38.2 Å². The molecule has 1 atom stereocenters. The number of benzene rings is 1. The molecule has 1 aromatic carbocycles. The fourth-order valence-corrected chi connectivity index (χ4v) is 2.25. The van der Waals surface area contributed by atoms with E-state index in [2.05, 4.69) is 19.1 Å². The second kappa shape index (κ2) is 9.06. The van der Waals surface area contributed by atoms with Gasteiger partial charge in [0.05, 0.1) is 7.11 Å². The maximum Gasteiger partial charge on any atom is 0.220 e. The predicted octanol–water partition coefficient (Wildman–Crippen LogP) is 3.18. The van der Waals surface area contributed by atoms with Crippen LogP contribution in [-0.2, 0) is 11.2 Å². The number of primary amides is 1. The van der Waals surface area contributed by atoms with Crippen LogP contribution in [0.3, 0.4) is 0 Å². The van der Waals surface area contributed by atoms with Crippen LogP contribution in [0.15, 0.2) is 30.4 Å². The van der Waals surface area contributed by atoms with E-state index in [-0.39, 0.29) is 17.6 Å². The highest BCUT2D eigenvalue weighted by molar-refractivity contribution is 5.77. The summed E-state index contributed by atoms with van der Waals surface area (Å²) in [6.45, 7) is 2.10. The monoisotopic (exact) mass is 291 g/mol. The van der Waals surface area contributed by atoms with Crippen molar-refractivity contribution in [2.24, 2.45) is 11.7 Å². The first-order valence-electron chi connectivity index (χ1n) is 7.38. The number of phenolic OH excluding ortho intramolecular Hbond substituents is 1. The standard InChI is InChI=1S/C17H25NO3/c1-3-4-5-6-7-8-14(17(18)20)11-13-9-10-15(19)16(12-13)21-2/h4-5,9-10,12,14,19H,3,6-8,11H2,1-2H3,(H2,18,20). The number of hydrogen-bond acceptors (Lipinski definition) is 3. The molecule has 21 heavy (non-hydrogen) atoms. The van der Waals surface area contributed by atoms with Gasteiger partial charge in [0.1, 0.15) is 0 Å². The Morgan fingerprint density at radius 2 is 2.19 bits per heavy atom. The highest BCUT2D eigenvalue weighted by atomic mass is 16.5. The van der Waals surface area contributed by atoms with Gasteiger partial charge in [-0.15, -0.1) is 0 Å². The third-order valence-corrected chi connectivity index (χ3v) is 3.45. The van der Waals surface area contributed by atoms with Crippen LogP contribution in [0, 0.1) is 5.92 Å². The van der Waals surface area contributed by atoms with Crippen LogP contribution in [-0.4, -0.2) is 18.1 Å². The quantitative estimate of drug-likeness (QED) is 0.542. The fourth-order valence-electron chi connectivity index (χ4n) is 2.25. The maximum absolute atomic E-state index is 11.6. The predicted molar refractivity (Wildman–Crippen MR) is 84.3 cm³/mol. The van der Waals surface area contributed by atoms with E-state index in [1.165, 1.54) is 7.11 Å². The molecule has 4 heteroatoms. The minimum absolute atomic E-state index is 0.0987. The van der Waals surface area contributed by atoms with E-state index in [1.807, 2.05) is 0 Å². The summed E-state index contributed by atoms with van der Waals surface area (Å²) < 4.78 is 5.08. The Morgan fingerprint density at radius 1 is 1.43 bits per heavy atom. The normalized spacial score (nSPS) is 12.5. The van der Waals surface area contributed by atoms with E-state index < -0.39 is 0 Å². The zero-order chi connectivity index (χ0) is 15.7. The van der Waals surface area contributed by atoms with Gasteiger partial charge in [0.25, 0.3) is 0 Å². The van der Waals surface area contributed by atoms with Crippen molar-refractivity contribution < 1.29 is 14.6 Å². The lowest BCUT2D eigenvalue weighted by atomic mass is 9.93. The molecule has 1 unspecified atom stereocenters. The van der Waals surface area contributed by atoms with Crippen LogP contribution in [0.2, 0.25) is 0 Å². The van der Waals surface area contributed by atoms with E-state index >= 15 is 0 Å². The summed E-state index contributed by atoms with van der Waals surface area (Å²) in [5.74, 6) is 0.0546. The average Bonchev–Trinajstić information content (AvgIpc) is 2.47. The van der Waals surface area contributed by atoms with Gasteiger partial charge in [-0.2, -0.15) is 0 Å². The summed E-state index contributed by atoms with van der Waals surface area (Å²) in [7, 11) is 1.50. The van der Waals surface area contributed by atoms with Crippen molar-refractivity contribution in [1.29, 1.82) is 0 Å². The summed E-state index contributed by atoms with van der Waals surface area (Å²) in [6, 6.07) is 5.13. The van der Waals surface area contributed by atoms with Crippen LogP contribution < -0.4 is 10.5 Å². The van der Waals surface area contributed by atoms with E-state index in [1.54, 1.807) is 18.2 Å². The molecule has 0 spiro atoms. The van der Waals surface area contributed by atoms with Gasteiger partial charge in [0.15, 0.2) is 11.5 Å². The zero-order valence-electron chi connectivity index (χ0n) is 12.8. The molecule has 0 heterocycles. The Balaban J connectivity index is 2.61. The van der Waals surface area contributed by atoms with Gasteiger partial charge < -0.3 is 15.6 Å². The third-order valence-electron chi connectivity index (χ3n) is 3.45. The van der Waals surface area contributed by atoms with Crippen LogP contribution in [0.5, 0.6) is 11.5 Å². The molecular weight excluding hydrogens is 266 g/mol. The lowest BCUT2D eigenvalue weighted by molar-refractivity contribution is -0.122. The number of carbonyl (C=O) groups excluding carboxylic acids is 1. The largest absolute Gasteiger partial charge is 0.504 e. The first kappa shape index (κ1) is 17.1. The summed E-state index contributed by atoms with van der Waals surface area (Å²) in [4.78, 5) is 11.6. The molecule has 0 saturated carbocycles. The minimum Gasteiger partial charge on any atom is -0.504 e. The SMILES string of the molecule is CCC=CCCCC(Cc1ccc(O)c(OC)c1)C(N)=O. The molecule has 0 saturated heterocycles. The number of amides is 1. The van der Waals surface area contributed by atoms with Gasteiger partial charge in [-0.3, -0.25) is 4.79 Å². The van der Waals surface area contributed by atoms with Crippen LogP contribution in [0.4, 0.5) is 0 Å². The maximum atomic E-state index is 11.6. The smallest absolute Gasteiger partial charge is 0.220 e. The van der Waals surface area contributed by atoms with Gasteiger partial charge in [-0.1, -0.05) is 25.1 Å². The van der Waals surface area contributed by atoms with Gasteiger partial charge in [-0.25, -0.2) is 0 Å². The average molecular weight is 291 g/mol. The molecule has 0 aliphatic heterocycles. The van der Waals surface area contributed by atoms with Crippen LogP contribution >= 0.6 is 0 Å². The highest BCUT2D eigenvalue weighted by Crippen LogP contribution is 2.28. The Morgan fingerprint density at radius 3 is 2.81 bits per heavy atom. The second-order valence-corrected chi connectivity index (χ2v) is 5.12. The Kier molecular flexibility index (Phi) is 7.37. The lowest BCUT2D eigenvalue weighted by Gasteiger charge is -2.14. The molecule has 1 amide bonds. The van der Waals surface area contributed by atoms with Gasteiger partial charge in [-0.05, 0) is 49.8 Å². The third kappa shape index (κ3) is 5.90. The molecule has 1 rings (SSSR count). The molecular formula is C17H25NO3. The van der Waals surface area contributed by atoms with Crippen molar-refractivity contribution in [1.82, 2.24) is 0 Å². The topological polar surface area (TPSA) is 72.6 Å². The zero-order valence-corrected chi connectivity index (χ0v) is 12.8. The van der Waals surface area contributed by atoms with Crippen LogP contribution in [0.25, 0.3) is 0 Å². The molecule has 0 aromatic heterocycles. The van der Waals surface area contributed by atoms with Gasteiger partial charge in [0.2, 0.25) is 5.91 Å². The van der Waals surface area contributed by atoms with Crippen molar-refractivity contribution in [2.45, 2.75) is 39.0 Å². The van der Waals surface area contributed by atoms with E-state index in [4.69, 9.17) is 10.5 Å². The number of unbranched alkanes of at least 4 members (excludes halogenated alkanes) is 1. The summed E-state index contributed by atoms with van der Waals surface area (Å²) in [6.07, 6.45) is 8.56. The van der Waals surface area contributed by atoms with E-state index in [0.29, 0.717) is 12.2 Å². The van der Waals surface area contributed by atoms with Crippen molar-refractivity contribution in [3.63, 3.8) is 0 Å². The number of methoxy groups -OCH3 is 1. The molecule has 116 valence electrons. The first-order valence-corrected chi connectivity index (χ1v) is 7.38. The minimum atomic E-state index is -0.276. The van der Waals surface area contributed by atoms with Gasteiger partial charge in [0, 0.05) is 5.92 Å². The molecule has 1 aromatic rings. The van der Waals surface area contributed by atoms with E-state index in [9.17, 15) is 9.90 Å². The fraction of sp³-hybridized carbons (Fsp3) is 0.471. The molecule has 0 radical (unpaired) electrons. The summed E-state index contributed by atoms with van der Waals surface area (Å²) in [5, 5.41) is 9.58. The van der Waals surface area contributed by atoms with E-state index in [0.717, 1.165) is 31.2 Å². The molecule has 0 aliphatic rings. The van der Waals surface area contributed by atoms with Gasteiger partial charge >= 0.3 is 0 Å². The number of hydrogen-bond donors (Lipinski definition) is 2. The van der Waals surface area contributed by atoms with Crippen molar-refractivity contribution >= 4 is 5.91 Å². The number of aromatic hydroxyl groups is 1. The molecule has 0 fully saturated rings. The number of phenols is 1. The Labute approximate surface area is 126 Å². The lowest BCUT2D eigenvalue weighted by Crippen LogP contribution is -2.25.